The largest absolute Gasteiger partial charge is 0.405 e. The predicted octanol–water partition coefficient (Wildman–Crippen LogP) is 1.58. The van der Waals surface area contributed by atoms with Gasteiger partial charge < -0.3 is 26.0 Å². The van der Waals surface area contributed by atoms with Gasteiger partial charge in [-0.2, -0.15) is 18.2 Å². The Morgan fingerprint density at radius 3 is 2.51 bits per heavy atom. The molecule has 0 radical (unpaired) electrons. The molecule has 1 aliphatic carbocycles. The second-order valence-electron chi connectivity index (χ2n) is 8.52. The lowest BCUT2D eigenvalue weighted by atomic mass is 10.1. The van der Waals surface area contributed by atoms with Gasteiger partial charge in [0.15, 0.2) is 0 Å². The van der Waals surface area contributed by atoms with Crippen molar-refractivity contribution in [3.63, 3.8) is 0 Å². The van der Waals surface area contributed by atoms with Crippen LogP contribution in [0, 0.1) is 12.8 Å². The average molecular weight is 493 g/mol. The van der Waals surface area contributed by atoms with Crippen LogP contribution in [0.1, 0.15) is 17.7 Å². The van der Waals surface area contributed by atoms with Crippen LogP contribution in [0.15, 0.2) is 36.5 Å². The van der Waals surface area contributed by atoms with E-state index in [0.717, 1.165) is 5.56 Å². The van der Waals surface area contributed by atoms with Gasteiger partial charge in [-0.05, 0) is 18.9 Å². The van der Waals surface area contributed by atoms with Gasteiger partial charge in [0.25, 0.3) is 0 Å². The molecule has 1 fully saturated rings. The molecule has 0 saturated heterocycles. The maximum atomic E-state index is 12.7. The second kappa shape index (κ2) is 10.1. The summed E-state index contributed by atoms with van der Waals surface area (Å²) >= 11 is 0. The topological polar surface area (TPSA) is 141 Å². The average Bonchev–Trinajstić information content (AvgIpc) is 3.37. The zero-order chi connectivity index (χ0) is 25.2. The number of anilines is 2. The van der Waals surface area contributed by atoms with Crippen molar-refractivity contribution in [2.24, 2.45) is 5.92 Å². The molecule has 1 saturated carbocycles. The van der Waals surface area contributed by atoms with E-state index in [9.17, 15) is 28.5 Å². The van der Waals surface area contributed by atoms with Crippen LogP contribution in [-0.4, -0.2) is 77.9 Å². The predicted molar refractivity (Wildman–Crippen MR) is 120 cm³/mol. The highest BCUT2D eigenvalue weighted by atomic mass is 19.4. The van der Waals surface area contributed by atoms with E-state index in [1.54, 1.807) is 17.8 Å². The van der Waals surface area contributed by atoms with Crippen molar-refractivity contribution in [3.05, 3.63) is 47.8 Å². The van der Waals surface area contributed by atoms with Crippen LogP contribution in [0.2, 0.25) is 0 Å². The molecule has 0 spiro atoms. The van der Waals surface area contributed by atoms with Crippen molar-refractivity contribution in [2.45, 2.75) is 44.3 Å². The first kappa shape index (κ1) is 24.8. The van der Waals surface area contributed by atoms with Crippen LogP contribution in [0.25, 0.3) is 11.3 Å². The summed E-state index contributed by atoms with van der Waals surface area (Å²) in [4.78, 5) is 8.37. The molecule has 4 atom stereocenters. The van der Waals surface area contributed by atoms with E-state index in [4.69, 9.17) is 0 Å². The van der Waals surface area contributed by atoms with E-state index < -0.39 is 36.9 Å². The van der Waals surface area contributed by atoms with Crippen LogP contribution in [0.4, 0.5) is 24.9 Å². The first-order valence-corrected chi connectivity index (χ1v) is 11.0. The zero-order valence-corrected chi connectivity index (χ0v) is 18.8. The van der Waals surface area contributed by atoms with E-state index in [0.29, 0.717) is 23.5 Å². The number of nitrogens with one attached hydrogen (secondary N) is 2. The number of alkyl halides is 3. The summed E-state index contributed by atoms with van der Waals surface area (Å²) in [5, 5.41) is 43.6. The highest BCUT2D eigenvalue weighted by molar-refractivity contribution is 5.75. The molecule has 35 heavy (non-hydrogen) atoms. The van der Waals surface area contributed by atoms with Crippen LogP contribution >= 0.6 is 0 Å². The summed E-state index contributed by atoms with van der Waals surface area (Å²) in [5.74, 6) is -0.679. The summed E-state index contributed by atoms with van der Waals surface area (Å²) in [6.07, 6.45) is -4.94. The number of aryl methyl sites for hydroxylation is 1. The van der Waals surface area contributed by atoms with Gasteiger partial charge >= 0.3 is 6.18 Å². The third-order valence-corrected chi connectivity index (χ3v) is 5.88. The molecule has 10 nitrogen and oxygen atoms in total. The quantitative estimate of drug-likeness (QED) is 0.316. The molecule has 0 bridgehead atoms. The van der Waals surface area contributed by atoms with Crippen molar-refractivity contribution >= 4 is 11.8 Å². The first-order chi connectivity index (χ1) is 16.6. The SMILES string of the molecule is Cc1nc(NCC(F)(F)F)nc(NC2C[C@H](CO)[C@@H](O)[C@H]2O)c1-c1cn(Cc2ccccc2)nn1. The molecule has 1 aliphatic rings. The molecule has 5 N–H and O–H groups in total. The van der Waals surface area contributed by atoms with Crippen molar-refractivity contribution in [3.8, 4) is 11.3 Å². The van der Waals surface area contributed by atoms with Gasteiger partial charge in [-0.15, -0.1) is 5.10 Å². The van der Waals surface area contributed by atoms with E-state index >= 15 is 0 Å². The molecule has 1 unspecified atom stereocenters. The Balaban J connectivity index is 1.66. The minimum Gasteiger partial charge on any atom is -0.396 e. The lowest BCUT2D eigenvalue weighted by molar-refractivity contribution is -0.115. The van der Waals surface area contributed by atoms with E-state index in [1.807, 2.05) is 30.3 Å². The van der Waals surface area contributed by atoms with Crippen LogP contribution in [-0.2, 0) is 6.54 Å². The number of benzene rings is 1. The number of aliphatic hydroxyl groups is 3. The molecular weight excluding hydrogens is 467 g/mol. The van der Waals surface area contributed by atoms with Crippen LogP contribution in [0.3, 0.4) is 0 Å². The smallest absolute Gasteiger partial charge is 0.396 e. The lowest BCUT2D eigenvalue weighted by Crippen LogP contribution is -2.36. The number of nitrogens with zero attached hydrogens (tertiary/aromatic N) is 5. The van der Waals surface area contributed by atoms with Gasteiger partial charge in [0.05, 0.1) is 36.1 Å². The molecule has 13 heteroatoms. The lowest BCUT2D eigenvalue weighted by Gasteiger charge is -2.21. The maximum Gasteiger partial charge on any atom is 0.405 e. The monoisotopic (exact) mass is 493 g/mol. The van der Waals surface area contributed by atoms with Gasteiger partial charge in [-0.1, -0.05) is 35.5 Å². The van der Waals surface area contributed by atoms with Gasteiger partial charge in [0.1, 0.15) is 24.2 Å². The standard InChI is InChI=1S/C22H26F3N7O3/c1-12-17(16-9-32(31-30-16)8-13-5-3-2-4-6-13)20(29-21(27-12)26-11-22(23,24)25)28-15-7-14(10-33)18(34)19(15)35/h2-6,9,14-15,18-19,33-35H,7-8,10-11H2,1H3,(H2,26,27,28,29)/t14-,15?,18-,19+/m1/s1. The Bertz CT molecular complexity index is 1140. The van der Waals surface area contributed by atoms with Crippen molar-refractivity contribution in [2.75, 3.05) is 23.8 Å². The Hall–Kier alpha value is -3.29. The van der Waals surface area contributed by atoms with Crippen molar-refractivity contribution < 1.29 is 28.5 Å². The van der Waals surface area contributed by atoms with Gasteiger partial charge in [0, 0.05) is 12.5 Å². The Morgan fingerprint density at radius 2 is 1.86 bits per heavy atom. The van der Waals surface area contributed by atoms with Crippen LogP contribution < -0.4 is 10.6 Å². The molecule has 2 heterocycles. The minimum absolute atomic E-state index is 0.128. The van der Waals surface area contributed by atoms with Gasteiger partial charge in [0.2, 0.25) is 5.95 Å². The molecule has 0 amide bonds. The van der Waals surface area contributed by atoms with Gasteiger partial charge in [-0.3, -0.25) is 0 Å². The number of aliphatic hydroxyl groups excluding tert-OH is 3. The fourth-order valence-corrected chi connectivity index (χ4v) is 4.13. The number of rotatable bonds is 8. The summed E-state index contributed by atoms with van der Waals surface area (Å²) in [5.41, 5.74) is 2.12. The van der Waals surface area contributed by atoms with Crippen LogP contribution in [0.5, 0.6) is 0 Å². The Labute approximate surface area is 198 Å². The maximum absolute atomic E-state index is 12.7. The second-order valence-corrected chi connectivity index (χ2v) is 8.52. The summed E-state index contributed by atoms with van der Waals surface area (Å²) in [6.45, 7) is 0.412. The Morgan fingerprint density at radius 1 is 1.11 bits per heavy atom. The third kappa shape index (κ3) is 5.86. The summed E-state index contributed by atoms with van der Waals surface area (Å²) in [7, 11) is 0. The first-order valence-electron chi connectivity index (χ1n) is 11.0. The highest BCUT2D eigenvalue weighted by Gasteiger charge is 2.41. The van der Waals surface area contributed by atoms with Crippen molar-refractivity contribution in [1.82, 2.24) is 25.0 Å². The summed E-state index contributed by atoms with van der Waals surface area (Å²) in [6, 6.07) is 8.88. The Kier molecular flexibility index (Phi) is 7.19. The number of aromatic nitrogens is 5. The van der Waals surface area contributed by atoms with E-state index in [-0.39, 0.29) is 24.8 Å². The molecule has 2 aromatic heterocycles. The molecular formula is C22H26F3N7O3. The van der Waals surface area contributed by atoms with Gasteiger partial charge in [-0.25, -0.2) is 9.67 Å². The number of hydrogen-bond donors (Lipinski definition) is 5. The molecule has 188 valence electrons. The summed E-state index contributed by atoms with van der Waals surface area (Å²) < 4.78 is 39.8. The van der Waals surface area contributed by atoms with Crippen molar-refractivity contribution in [1.29, 1.82) is 0 Å². The zero-order valence-electron chi connectivity index (χ0n) is 18.8. The highest BCUT2D eigenvalue weighted by Crippen LogP contribution is 2.34. The number of halogens is 3. The number of hydrogen-bond acceptors (Lipinski definition) is 9. The normalized spacial score (nSPS) is 22.4. The molecule has 3 aromatic rings. The minimum atomic E-state index is -4.47. The molecule has 0 aliphatic heterocycles. The third-order valence-electron chi connectivity index (χ3n) is 5.88. The fourth-order valence-electron chi connectivity index (χ4n) is 4.13. The van der Waals surface area contributed by atoms with E-state index in [1.165, 1.54) is 0 Å². The van der Waals surface area contributed by atoms with E-state index in [2.05, 4.69) is 30.9 Å². The molecule has 1 aromatic carbocycles. The molecule has 4 rings (SSSR count). The fraction of sp³-hybridized carbons (Fsp3) is 0.455.